The Kier molecular flexibility index (Phi) is 4.39. The molecule has 0 saturated carbocycles. The van der Waals surface area contributed by atoms with Crippen molar-refractivity contribution in [3.63, 3.8) is 0 Å². The highest BCUT2D eigenvalue weighted by Gasteiger charge is 2.34. The molecule has 2 aliphatic heterocycles. The van der Waals surface area contributed by atoms with Gasteiger partial charge in [-0.1, -0.05) is 0 Å². The van der Waals surface area contributed by atoms with Gasteiger partial charge in [-0.15, -0.1) is 0 Å². The largest absolute Gasteiger partial charge is 0.356 e. The van der Waals surface area contributed by atoms with Crippen LogP contribution in [0.2, 0.25) is 0 Å². The second kappa shape index (κ2) is 6.04. The van der Waals surface area contributed by atoms with Crippen molar-refractivity contribution in [2.75, 3.05) is 26.2 Å². The zero-order valence-electron chi connectivity index (χ0n) is 11.3. The first kappa shape index (κ1) is 13.8. The quantitative estimate of drug-likeness (QED) is 0.723. The first-order chi connectivity index (χ1) is 9.11. The molecule has 2 saturated heterocycles. The predicted octanol–water partition coefficient (Wildman–Crippen LogP) is -0.503. The van der Waals surface area contributed by atoms with Gasteiger partial charge >= 0.3 is 0 Å². The van der Waals surface area contributed by atoms with E-state index in [1.807, 2.05) is 6.92 Å². The van der Waals surface area contributed by atoms with Crippen LogP contribution in [0.25, 0.3) is 0 Å². The van der Waals surface area contributed by atoms with Gasteiger partial charge < -0.3 is 15.5 Å². The molecule has 0 radical (unpaired) electrons. The normalized spacial score (nSPS) is 24.2. The molecule has 19 heavy (non-hydrogen) atoms. The molecule has 1 unspecified atom stereocenters. The molecule has 0 aromatic carbocycles. The maximum atomic E-state index is 12.2. The Bertz CT molecular complexity index is 375. The van der Waals surface area contributed by atoms with Gasteiger partial charge in [0.1, 0.15) is 0 Å². The highest BCUT2D eigenvalue weighted by molar-refractivity contribution is 5.89. The number of piperidine rings is 1. The van der Waals surface area contributed by atoms with Crippen molar-refractivity contribution < 1.29 is 14.4 Å². The molecule has 106 valence electrons. The van der Waals surface area contributed by atoms with Crippen LogP contribution >= 0.6 is 0 Å². The third kappa shape index (κ3) is 3.24. The fourth-order valence-electron chi connectivity index (χ4n) is 2.72. The van der Waals surface area contributed by atoms with Crippen molar-refractivity contribution in [3.8, 4) is 0 Å². The van der Waals surface area contributed by atoms with E-state index in [2.05, 4.69) is 10.6 Å². The summed E-state index contributed by atoms with van der Waals surface area (Å²) in [5, 5.41) is 5.51. The topological polar surface area (TPSA) is 78.5 Å². The van der Waals surface area contributed by atoms with Gasteiger partial charge in [0, 0.05) is 38.5 Å². The number of carbonyl (C=O) groups is 3. The van der Waals surface area contributed by atoms with E-state index < -0.39 is 0 Å². The molecule has 6 nitrogen and oxygen atoms in total. The van der Waals surface area contributed by atoms with Crippen LogP contribution in [0, 0.1) is 11.8 Å². The van der Waals surface area contributed by atoms with Gasteiger partial charge in [0.25, 0.3) is 0 Å². The molecule has 2 fully saturated rings. The second-order valence-electron chi connectivity index (χ2n) is 5.20. The summed E-state index contributed by atoms with van der Waals surface area (Å²) in [6.07, 6.45) is 1.73. The van der Waals surface area contributed by atoms with Crippen molar-refractivity contribution in [1.29, 1.82) is 0 Å². The summed E-state index contributed by atoms with van der Waals surface area (Å²) < 4.78 is 0. The first-order valence-corrected chi connectivity index (χ1v) is 6.95. The van der Waals surface area contributed by atoms with E-state index >= 15 is 0 Å². The van der Waals surface area contributed by atoms with Gasteiger partial charge in [0.15, 0.2) is 0 Å². The highest BCUT2D eigenvalue weighted by atomic mass is 16.2. The maximum Gasteiger partial charge on any atom is 0.227 e. The standard InChI is InChI=1S/C13H21N3O3/c1-2-14-12(18)9-3-5-16(6-4-9)13(19)10-7-11(17)15-8-10/h9-10H,2-8H2,1H3,(H,14,18)(H,15,17). The van der Waals surface area contributed by atoms with Crippen LogP contribution in [0.4, 0.5) is 0 Å². The Morgan fingerprint density at radius 2 is 2.00 bits per heavy atom. The molecule has 2 N–H and O–H groups in total. The Hall–Kier alpha value is -1.59. The van der Waals surface area contributed by atoms with E-state index in [1.165, 1.54) is 0 Å². The van der Waals surface area contributed by atoms with Crippen LogP contribution in [0.1, 0.15) is 26.2 Å². The van der Waals surface area contributed by atoms with E-state index in [9.17, 15) is 14.4 Å². The zero-order chi connectivity index (χ0) is 13.8. The average Bonchev–Trinajstić information content (AvgIpc) is 2.85. The number of hydrogen-bond acceptors (Lipinski definition) is 3. The third-order valence-electron chi connectivity index (χ3n) is 3.86. The Morgan fingerprint density at radius 1 is 1.32 bits per heavy atom. The van der Waals surface area contributed by atoms with Gasteiger partial charge in [0.2, 0.25) is 17.7 Å². The minimum Gasteiger partial charge on any atom is -0.356 e. The Labute approximate surface area is 112 Å². The van der Waals surface area contributed by atoms with Gasteiger partial charge in [-0.25, -0.2) is 0 Å². The van der Waals surface area contributed by atoms with Crippen molar-refractivity contribution in [2.45, 2.75) is 26.2 Å². The van der Waals surface area contributed by atoms with Gasteiger partial charge in [-0.05, 0) is 19.8 Å². The van der Waals surface area contributed by atoms with Gasteiger partial charge in [0.05, 0.1) is 5.92 Å². The first-order valence-electron chi connectivity index (χ1n) is 6.95. The predicted molar refractivity (Wildman–Crippen MR) is 69.1 cm³/mol. The van der Waals surface area contributed by atoms with Crippen LogP contribution < -0.4 is 10.6 Å². The molecular formula is C13H21N3O3. The van der Waals surface area contributed by atoms with Crippen LogP contribution in [0.15, 0.2) is 0 Å². The Balaban J connectivity index is 1.81. The molecule has 0 aromatic rings. The van der Waals surface area contributed by atoms with E-state index in [0.29, 0.717) is 45.4 Å². The molecule has 2 heterocycles. The lowest BCUT2D eigenvalue weighted by Crippen LogP contribution is -2.45. The van der Waals surface area contributed by atoms with Crippen LogP contribution in [-0.2, 0) is 14.4 Å². The number of nitrogens with zero attached hydrogens (tertiary/aromatic N) is 1. The van der Waals surface area contributed by atoms with Crippen LogP contribution in [0.5, 0.6) is 0 Å². The summed E-state index contributed by atoms with van der Waals surface area (Å²) >= 11 is 0. The molecule has 6 heteroatoms. The lowest BCUT2D eigenvalue weighted by Gasteiger charge is -2.32. The van der Waals surface area contributed by atoms with Crippen molar-refractivity contribution >= 4 is 17.7 Å². The van der Waals surface area contributed by atoms with Crippen molar-refractivity contribution in [2.24, 2.45) is 11.8 Å². The second-order valence-corrected chi connectivity index (χ2v) is 5.20. The summed E-state index contributed by atoms with van der Waals surface area (Å²) in [7, 11) is 0. The Morgan fingerprint density at radius 3 is 2.53 bits per heavy atom. The van der Waals surface area contributed by atoms with Crippen molar-refractivity contribution in [3.05, 3.63) is 0 Å². The van der Waals surface area contributed by atoms with Crippen LogP contribution in [0.3, 0.4) is 0 Å². The molecule has 0 aromatic heterocycles. The lowest BCUT2D eigenvalue weighted by atomic mass is 9.94. The average molecular weight is 267 g/mol. The van der Waals surface area contributed by atoms with E-state index in [0.717, 1.165) is 0 Å². The number of likely N-dealkylation sites (tertiary alicyclic amines) is 1. The minimum absolute atomic E-state index is 0.0207. The highest BCUT2D eigenvalue weighted by Crippen LogP contribution is 2.21. The third-order valence-corrected chi connectivity index (χ3v) is 3.86. The van der Waals surface area contributed by atoms with Crippen LogP contribution in [-0.4, -0.2) is 48.8 Å². The zero-order valence-corrected chi connectivity index (χ0v) is 11.3. The van der Waals surface area contributed by atoms with Gasteiger partial charge in [-0.3, -0.25) is 14.4 Å². The number of nitrogens with one attached hydrogen (secondary N) is 2. The number of rotatable bonds is 3. The minimum atomic E-state index is -0.214. The number of carbonyl (C=O) groups excluding carboxylic acids is 3. The monoisotopic (exact) mass is 267 g/mol. The van der Waals surface area contributed by atoms with E-state index in [1.54, 1.807) is 4.90 Å². The molecule has 3 amide bonds. The molecule has 1 atom stereocenters. The van der Waals surface area contributed by atoms with E-state index in [4.69, 9.17) is 0 Å². The fourth-order valence-corrected chi connectivity index (χ4v) is 2.72. The molecule has 0 bridgehead atoms. The number of amides is 3. The molecule has 2 rings (SSSR count). The fraction of sp³-hybridized carbons (Fsp3) is 0.769. The molecule has 2 aliphatic rings. The summed E-state index contributed by atoms with van der Waals surface area (Å²) in [5.41, 5.74) is 0. The SMILES string of the molecule is CCNC(=O)C1CCN(C(=O)C2CNC(=O)C2)CC1. The number of hydrogen-bond donors (Lipinski definition) is 2. The summed E-state index contributed by atoms with van der Waals surface area (Å²) in [6.45, 7) is 4.24. The molecule has 0 spiro atoms. The lowest BCUT2D eigenvalue weighted by molar-refractivity contribution is -0.139. The molecular weight excluding hydrogens is 246 g/mol. The summed E-state index contributed by atoms with van der Waals surface area (Å²) in [6, 6.07) is 0. The smallest absolute Gasteiger partial charge is 0.227 e. The van der Waals surface area contributed by atoms with E-state index in [-0.39, 0.29) is 29.6 Å². The van der Waals surface area contributed by atoms with Crippen molar-refractivity contribution in [1.82, 2.24) is 15.5 Å². The summed E-state index contributed by atoms with van der Waals surface area (Å²) in [4.78, 5) is 36.8. The van der Waals surface area contributed by atoms with Gasteiger partial charge in [-0.2, -0.15) is 0 Å². The molecule has 0 aliphatic carbocycles. The summed E-state index contributed by atoms with van der Waals surface area (Å²) in [5.74, 6) is -0.101. The maximum absolute atomic E-state index is 12.2.